The number of rotatable bonds is 4. The van der Waals surface area contributed by atoms with Crippen molar-refractivity contribution in [3.05, 3.63) is 51.3 Å². The van der Waals surface area contributed by atoms with Crippen LogP contribution in [0.1, 0.15) is 16.1 Å². The molecule has 0 atom stereocenters. The van der Waals surface area contributed by atoms with Crippen molar-refractivity contribution in [2.75, 3.05) is 6.61 Å². The molecular formula is C14H12BrClN2O4. The van der Waals surface area contributed by atoms with E-state index in [0.29, 0.717) is 22.1 Å². The molecule has 0 aliphatic rings. The number of ether oxygens (including phenoxy) is 1. The van der Waals surface area contributed by atoms with E-state index in [2.05, 4.69) is 26.8 Å². The molecule has 1 heterocycles. The number of hydrogen-bond acceptors (Lipinski definition) is 4. The summed E-state index contributed by atoms with van der Waals surface area (Å²) in [7, 11) is 0. The van der Waals surface area contributed by atoms with Gasteiger partial charge in [-0.1, -0.05) is 27.5 Å². The first-order chi connectivity index (χ1) is 10.5. The summed E-state index contributed by atoms with van der Waals surface area (Å²) in [6.07, 6.45) is 1.39. The number of hydrazine groups is 1. The average Bonchev–Trinajstić information content (AvgIpc) is 2.90. The predicted octanol–water partition coefficient (Wildman–Crippen LogP) is 2.84. The highest BCUT2D eigenvalue weighted by Gasteiger charge is 2.12. The Kier molecular flexibility index (Phi) is 5.46. The maximum Gasteiger partial charge on any atom is 0.276 e. The summed E-state index contributed by atoms with van der Waals surface area (Å²) in [5.74, 6) is -0.156. The van der Waals surface area contributed by atoms with Crippen LogP contribution >= 0.6 is 27.5 Å². The van der Waals surface area contributed by atoms with Gasteiger partial charge in [-0.15, -0.1) is 0 Å². The predicted molar refractivity (Wildman–Crippen MR) is 83.7 cm³/mol. The van der Waals surface area contributed by atoms with Gasteiger partial charge in [-0.25, -0.2) is 0 Å². The van der Waals surface area contributed by atoms with Gasteiger partial charge in [-0.05, 0) is 31.2 Å². The Balaban J connectivity index is 1.81. The molecule has 0 aliphatic heterocycles. The topological polar surface area (TPSA) is 80.6 Å². The Morgan fingerprint density at radius 3 is 2.73 bits per heavy atom. The summed E-state index contributed by atoms with van der Waals surface area (Å²) in [6, 6.07) is 6.53. The van der Waals surface area contributed by atoms with Gasteiger partial charge < -0.3 is 9.15 Å². The van der Waals surface area contributed by atoms with Gasteiger partial charge in [-0.3, -0.25) is 20.4 Å². The second kappa shape index (κ2) is 7.33. The lowest BCUT2D eigenvalue weighted by Crippen LogP contribution is -2.43. The van der Waals surface area contributed by atoms with E-state index in [1.165, 1.54) is 12.3 Å². The molecule has 0 aliphatic carbocycles. The standard InChI is InChI=1S/C14H12BrClN2O4/c1-8-10(4-5-21-8)14(20)18-17-13(19)7-22-12-3-2-9(15)6-11(12)16/h2-6H,7H2,1H3,(H,17,19)(H,18,20). The molecule has 22 heavy (non-hydrogen) atoms. The van der Waals surface area contributed by atoms with E-state index in [-0.39, 0.29) is 6.61 Å². The number of carbonyl (C=O) groups is 2. The smallest absolute Gasteiger partial charge is 0.276 e. The third-order valence-corrected chi connectivity index (χ3v) is 3.46. The number of hydrogen-bond donors (Lipinski definition) is 2. The number of nitrogens with one attached hydrogen (secondary N) is 2. The van der Waals surface area contributed by atoms with Gasteiger partial charge in [0.25, 0.3) is 11.8 Å². The van der Waals surface area contributed by atoms with Crippen LogP contribution in [0, 0.1) is 6.92 Å². The number of halogens is 2. The molecule has 2 N–H and O–H groups in total. The summed E-state index contributed by atoms with van der Waals surface area (Å²) < 4.78 is 11.1. The number of carbonyl (C=O) groups excluding carboxylic acids is 2. The molecule has 0 saturated heterocycles. The normalized spacial score (nSPS) is 10.1. The van der Waals surface area contributed by atoms with Crippen LogP contribution in [0.3, 0.4) is 0 Å². The maximum atomic E-state index is 11.7. The third kappa shape index (κ3) is 4.25. The Hall–Kier alpha value is -1.99. The highest BCUT2D eigenvalue weighted by atomic mass is 79.9. The van der Waals surface area contributed by atoms with Crippen molar-refractivity contribution >= 4 is 39.3 Å². The van der Waals surface area contributed by atoms with Crippen molar-refractivity contribution in [2.45, 2.75) is 6.92 Å². The van der Waals surface area contributed by atoms with E-state index in [4.69, 9.17) is 20.8 Å². The van der Waals surface area contributed by atoms with E-state index < -0.39 is 11.8 Å². The monoisotopic (exact) mass is 386 g/mol. The van der Waals surface area contributed by atoms with Crippen molar-refractivity contribution in [3.8, 4) is 5.75 Å². The molecule has 116 valence electrons. The number of benzene rings is 1. The van der Waals surface area contributed by atoms with Gasteiger partial charge in [0, 0.05) is 4.47 Å². The van der Waals surface area contributed by atoms with E-state index in [0.717, 1.165) is 4.47 Å². The van der Waals surface area contributed by atoms with Crippen molar-refractivity contribution in [2.24, 2.45) is 0 Å². The minimum atomic E-state index is -0.520. The fourth-order valence-electron chi connectivity index (χ4n) is 1.59. The summed E-state index contributed by atoms with van der Waals surface area (Å²) in [4.78, 5) is 23.4. The lowest BCUT2D eigenvalue weighted by atomic mass is 10.2. The van der Waals surface area contributed by atoms with E-state index in [9.17, 15) is 9.59 Å². The molecule has 0 radical (unpaired) electrons. The summed E-state index contributed by atoms with van der Waals surface area (Å²) in [6.45, 7) is 1.36. The van der Waals surface area contributed by atoms with Gasteiger partial charge in [0.1, 0.15) is 11.5 Å². The zero-order valence-electron chi connectivity index (χ0n) is 11.5. The molecule has 0 saturated carbocycles. The largest absolute Gasteiger partial charge is 0.482 e. The third-order valence-electron chi connectivity index (χ3n) is 2.67. The van der Waals surface area contributed by atoms with Gasteiger partial charge in [0.05, 0.1) is 16.8 Å². The van der Waals surface area contributed by atoms with E-state index in [1.54, 1.807) is 25.1 Å². The molecule has 2 rings (SSSR count). The summed E-state index contributed by atoms with van der Waals surface area (Å²) >= 11 is 9.23. The van der Waals surface area contributed by atoms with Crippen LogP contribution in [0.25, 0.3) is 0 Å². The highest BCUT2D eigenvalue weighted by molar-refractivity contribution is 9.10. The Morgan fingerprint density at radius 1 is 1.32 bits per heavy atom. The Bertz CT molecular complexity index is 702. The molecule has 8 heteroatoms. The van der Waals surface area contributed by atoms with Crippen LogP contribution in [0.2, 0.25) is 5.02 Å². The molecule has 6 nitrogen and oxygen atoms in total. The lowest BCUT2D eigenvalue weighted by Gasteiger charge is -2.09. The van der Waals surface area contributed by atoms with Gasteiger partial charge in [-0.2, -0.15) is 0 Å². The van der Waals surface area contributed by atoms with Crippen LogP contribution in [0.5, 0.6) is 5.75 Å². The fraction of sp³-hybridized carbons (Fsp3) is 0.143. The zero-order valence-corrected chi connectivity index (χ0v) is 13.8. The van der Waals surface area contributed by atoms with Crippen molar-refractivity contribution in [1.29, 1.82) is 0 Å². The van der Waals surface area contributed by atoms with Crippen molar-refractivity contribution in [1.82, 2.24) is 10.9 Å². The van der Waals surface area contributed by atoms with Crippen LogP contribution in [0.15, 0.2) is 39.4 Å². The quantitative estimate of drug-likeness (QED) is 0.791. The molecular weight excluding hydrogens is 376 g/mol. The molecule has 1 aromatic heterocycles. The Labute approximate surface area is 139 Å². The number of aryl methyl sites for hydroxylation is 1. The molecule has 2 amide bonds. The molecule has 1 aromatic carbocycles. The molecule has 2 aromatic rings. The van der Waals surface area contributed by atoms with Crippen molar-refractivity contribution in [3.63, 3.8) is 0 Å². The SMILES string of the molecule is Cc1occc1C(=O)NNC(=O)COc1ccc(Br)cc1Cl. The first kappa shape index (κ1) is 16.4. The van der Waals surface area contributed by atoms with Crippen LogP contribution in [0.4, 0.5) is 0 Å². The lowest BCUT2D eigenvalue weighted by molar-refractivity contribution is -0.123. The fourth-order valence-corrected chi connectivity index (χ4v) is 2.31. The molecule has 0 bridgehead atoms. The zero-order chi connectivity index (χ0) is 16.1. The molecule has 0 spiro atoms. The second-order valence-electron chi connectivity index (χ2n) is 4.26. The van der Waals surface area contributed by atoms with Gasteiger partial charge in [0.2, 0.25) is 0 Å². The highest BCUT2D eigenvalue weighted by Crippen LogP contribution is 2.27. The second-order valence-corrected chi connectivity index (χ2v) is 5.58. The molecule has 0 fully saturated rings. The van der Waals surface area contributed by atoms with Gasteiger partial charge in [0.15, 0.2) is 6.61 Å². The molecule has 0 unspecified atom stereocenters. The van der Waals surface area contributed by atoms with E-state index >= 15 is 0 Å². The first-order valence-corrected chi connectivity index (χ1v) is 7.35. The first-order valence-electron chi connectivity index (χ1n) is 6.18. The summed E-state index contributed by atoms with van der Waals surface area (Å²) in [5.41, 5.74) is 4.85. The van der Waals surface area contributed by atoms with Crippen LogP contribution in [-0.2, 0) is 4.79 Å². The maximum absolute atomic E-state index is 11.7. The van der Waals surface area contributed by atoms with Crippen LogP contribution < -0.4 is 15.6 Å². The minimum absolute atomic E-state index is 0.286. The summed E-state index contributed by atoms with van der Waals surface area (Å²) in [5, 5.41) is 0.375. The Morgan fingerprint density at radius 2 is 2.09 bits per heavy atom. The number of amides is 2. The van der Waals surface area contributed by atoms with Gasteiger partial charge >= 0.3 is 0 Å². The van der Waals surface area contributed by atoms with E-state index in [1.807, 2.05) is 0 Å². The van der Waals surface area contributed by atoms with Crippen molar-refractivity contribution < 1.29 is 18.7 Å². The minimum Gasteiger partial charge on any atom is -0.482 e. The average molecular weight is 388 g/mol. The van der Waals surface area contributed by atoms with Crippen LogP contribution in [-0.4, -0.2) is 18.4 Å². The number of furan rings is 1.